The molecule has 2 fully saturated rings. The number of allylic oxidation sites excluding steroid dienone is 2. The topological polar surface area (TPSA) is 143 Å². The molecule has 0 bridgehead atoms. The van der Waals surface area contributed by atoms with Crippen LogP contribution in [0.2, 0.25) is 0 Å². The fourth-order valence-electron chi connectivity index (χ4n) is 4.20. The minimum atomic E-state index is -4.42. The Labute approximate surface area is 189 Å². The lowest BCUT2D eigenvalue weighted by Crippen LogP contribution is -2.63. The number of nitriles is 1. The molecule has 3 rings (SSSR count). The summed E-state index contributed by atoms with van der Waals surface area (Å²) in [6.07, 6.45) is -1.65. The number of ether oxygens (including phenoxy) is 1. The summed E-state index contributed by atoms with van der Waals surface area (Å²) in [4.78, 5) is 1.74. The number of hydrogen-bond donors (Lipinski definition) is 4. The van der Waals surface area contributed by atoms with E-state index in [2.05, 4.69) is 9.62 Å². The Balaban J connectivity index is 1.83. The Bertz CT molecular complexity index is 966. The zero-order valence-corrected chi connectivity index (χ0v) is 19.1. The van der Waals surface area contributed by atoms with E-state index in [1.54, 1.807) is 25.1 Å². The third-order valence-electron chi connectivity index (χ3n) is 6.15. The van der Waals surface area contributed by atoms with Gasteiger partial charge < -0.3 is 25.0 Å². The highest BCUT2D eigenvalue weighted by molar-refractivity contribution is 7.93. The summed E-state index contributed by atoms with van der Waals surface area (Å²) < 4.78 is 33.3. The van der Waals surface area contributed by atoms with Gasteiger partial charge in [0.2, 0.25) is 0 Å². The summed E-state index contributed by atoms with van der Waals surface area (Å²) in [6, 6.07) is 7.56. The van der Waals surface area contributed by atoms with Crippen LogP contribution in [-0.2, 0) is 14.8 Å². The molecule has 0 spiro atoms. The van der Waals surface area contributed by atoms with Crippen molar-refractivity contribution in [1.29, 1.82) is 5.26 Å². The Morgan fingerprint density at radius 1 is 1.16 bits per heavy atom. The molecule has 2 saturated heterocycles. The first kappa shape index (κ1) is 24.6. The van der Waals surface area contributed by atoms with Gasteiger partial charge in [0.15, 0.2) is 11.2 Å². The first-order chi connectivity index (χ1) is 15.2. The Hall–Kier alpha value is -2.00. The smallest absolute Gasteiger partial charge is 0.251 e. The van der Waals surface area contributed by atoms with E-state index in [0.29, 0.717) is 12.0 Å². The van der Waals surface area contributed by atoms with Crippen molar-refractivity contribution in [2.45, 2.75) is 70.2 Å². The van der Waals surface area contributed by atoms with Gasteiger partial charge in [0, 0.05) is 18.8 Å². The Kier molecular flexibility index (Phi) is 7.92. The maximum absolute atomic E-state index is 12.9. The van der Waals surface area contributed by atoms with Crippen LogP contribution in [-0.4, -0.2) is 67.5 Å². The third kappa shape index (κ3) is 5.14. The lowest BCUT2D eigenvalue weighted by molar-refractivity contribution is -0.244. The second-order valence-corrected chi connectivity index (χ2v) is 9.91. The molecule has 0 saturated carbocycles. The van der Waals surface area contributed by atoms with E-state index >= 15 is 0 Å². The first-order valence-corrected chi connectivity index (χ1v) is 12.4. The fourth-order valence-corrected chi connectivity index (χ4v) is 5.57. The lowest BCUT2D eigenvalue weighted by atomic mass is 9.96. The molecule has 4 N–H and O–H groups in total. The number of rotatable bonds is 6. The molecule has 1 aromatic rings. The maximum Gasteiger partial charge on any atom is 0.251 e. The number of hydrogen-bond acceptors (Lipinski definition) is 8. The van der Waals surface area contributed by atoms with Gasteiger partial charge >= 0.3 is 0 Å². The molecule has 0 aromatic heterocycles. The van der Waals surface area contributed by atoms with E-state index in [-0.39, 0.29) is 5.57 Å². The fraction of sp³-hybridized carbons (Fsp3) is 0.591. The van der Waals surface area contributed by atoms with Gasteiger partial charge in [0.05, 0.1) is 6.10 Å². The number of anilines is 1. The summed E-state index contributed by atoms with van der Waals surface area (Å²) in [5.41, 5.74) is 1.85. The number of piperidine rings is 1. The Morgan fingerprint density at radius 2 is 1.78 bits per heavy atom. The van der Waals surface area contributed by atoms with Gasteiger partial charge in [-0.2, -0.15) is 9.98 Å². The minimum Gasteiger partial charge on any atom is -0.388 e. The molecule has 10 heteroatoms. The van der Waals surface area contributed by atoms with Crippen LogP contribution in [0.15, 0.2) is 29.2 Å². The lowest BCUT2D eigenvalue weighted by Gasteiger charge is -2.40. The van der Waals surface area contributed by atoms with Crippen molar-refractivity contribution in [3.63, 3.8) is 0 Å². The van der Waals surface area contributed by atoms with Gasteiger partial charge in [-0.3, -0.25) is 0 Å². The minimum absolute atomic E-state index is 0.234. The van der Waals surface area contributed by atoms with E-state index < -0.39 is 45.6 Å². The van der Waals surface area contributed by atoms with Crippen molar-refractivity contribution in [3.8, 4) is 6.07 Å². The van der Waals surface area contributed by atoms with Crippen LogP contribution in [0, 0.1) is 11.3 Å². The van der Waals surface area contributed by atoms with Crippen LogP contribution in [0.4, 0.5) is 5.69 Å². The van der Waals surface area contributed by atoms with Crippen molar-refractivity contribution >= 4 is 21.3 Å². The van der Waals surface area contributed by atoms with Crippen LogP contribution < -0.4 is 9.62 Å². The summed E-state index contributed by atoms with van der Waals surface area (Å²) >= 11 is 0. The zero-order chi connectivity index (χ0) is 23.5. The highest BCUT2D eigenvalue weighted by Crippen LogP contribution is 2.27. The van der Waals surface area contributed by atoms with Crippen LogP contribution in [0.3, 0.4) is 0 Å². The zero-order valence-electron chi connectivity index (χ0n) is 18.3. The molecule has 176 valence electrons. The number of benzene rings is 1. The highest BCUT2D eigenvalue weighted by atomic mass is 32.2. The molecular formula is C22H31N3O6S. The number of nitrogens with zero attached hydrogens (tertiary/aromatic N) is 2. The van der Waals surface area contributed by atoms with Crippen LogP contribution >= 0.6 is 0 Å². The molecule has 5 atom stereocenters. The van der Waals surface area contributed by atoms with Gasteiger partial charge in [-0.25, -0.2) is 8.42 Å². The van der Waals surface area contributed by atoms with Crippen LogP contribution in [0.1, 0.15) is 45.1 Å². The van der Waals surface area contributed by atoms with Crippen LogP contribution in [0.5, 0.6) is 0 Å². The molecular weight excluding hydrogens is 434 g/mol. The summed E-state index contributed by atoms with van der Waals surface area (Å²) in [6.45, 7) is 5.19. The SMILES string of the molecule is CC[C@H]1OC(O)[C@H](NS(=O)(=O)/C(C#N)=C(\C)c2ccc(N3CCCCC3)cc2)[C@@H](O)[C@@H]1O. The van der Waals surface area contributed by atoms with Crippen molar-refractivity contribution < 1.29 is 28.5 Å². The molecule has 9 nitrogen and oxygen atoms in total. The number of nitrogens with one attached hydrogen (secondary N) is 1. The van der Waals surface area contributed by atoms with Gasteiger partial charge in [-0.05, 0) is 55.9 Å². The second-order valence-electron chi connectivity index (χ2n) is 8.26. The molecule has 1 aromatic carbocycles. The van der Waals surface area contributed by atoms with Crippen molar-refractivity contribution in [2.24, 2.45) is 0 Å². The van der Waals surface area contributed by atoms with Crippen molar-refractivity contribution in [1.82, 2.24) is 4.72 Å². The van der Waals surface area contributed by atoms with E-state index in [4.69, 9.17) is 4.74 Å². The molecule has 2 aliphatic heterocycles. The summed E-state index contributed by atoms with van der Waals surface area (Å²) in [7, 11) is -4.42. The van der Waals surface area contributed by atoms with E-state index in [0.717, 1.165) is 31.6 Å². The summed E-state index contributed by atoms with van der Waals surface area (Å²) in [5.74, 6) is 0. The van der Waals surface area contributed by atoms with Crippen molar-refractivity contribution in [2.75, 3.05) is 18.0 Å². The monoisotopic (exact) mass is 465 g/mol. The normalized spacial score (nSPS) is 29.9. The standard InChI is InChI=1S/C22H31N3O6S/c1-3-17-20(26)21(27)19(22(28)31-17)24-32(29,30)18(13-23)14(2)15-7-9-16(10-8-15)25-11-5-4-6-12-25/h7-10,17,19-22,24,26-28H,3-6,11-12H2,1-2H3/b18-14+/t17-,19-,20-,21-,22?/m1/s1. The number of aliphatic hydroxyl groups excluding tert-OH is 3. The van der Waals surface area contributed by atoms with E-state index in [1.807, 2.05) is 12.1 Å². The maximum atomic E-state index is 12.9. The van der Waals surface area contributed by atoms with Crippen LogP contribution in [0.25, 0.3) is 5.57 Å². The van der Waals surface area contributed by atoms with E-state index in [9.17, 15) is 29.0 Å². The Morgan fingerprint density at radius 3 is 2.34 bits per heavy atom. The predicted octanol–water partition coefficient (Wildman–Crippen LogP) is 1.07. The third-order valence-corrected chi connectivity index (χ3v) is 7.66. The largest absolute Gasteiger partial charge is 0.388 e. The first-order valence-electron chi connectivity index (χ1n) is 10.9. The second kappa shape index (κ2) is 10.3. The quantitative estimate of drug-likeness (QED) is 0.457. The van der Waals surface area contributed by atoms with Gasteiger partial charge in [-0.15, -0.1) is 0 Å². The molecule has 2 heterocycles. The molecule has 0 radical (unpaired) electrons. The van der Waals surface area contributed by atoms with Crippen molar-refractivity contribution in [3.05, 3.63) is 34.7 Å². The average Bonchev–Trinajstić information content (AvgIpc) is 2.80. The van der Waals surface area contributed by atoms with Gasteiger partial charge in [-0.1, -0.05) is 19.1 Å². The molecule has 32 heavy (non-hydrogen) atoms. The average molecular weight is 466 g/mol. The molecule has 0 aliphatic carbocycles. The predicted molar refractivity (Wildman–Crippen MR) is 120 cm³/mol. The van der Waals surface area contributed by atoms with E-state index in [1.165, 1.54) is 13.3 Å². The molecule has 0 amide bonds. The van der Waals surface area contributed by atoms with Gasteiger partial charge in [0.25, 0.3) is 10.0 Å². The molecule has 2 aliphatic rings. The number of aliphatic hydroxyl groups is 3. The number of sulfonamides is 1. The van der Waals surface area contributed by atoms with Gasteiger partial charge in [0.1, 0.15) is 24.3 Å². The highest BCUT2D eigenvalue weighted by Gasteiger charge is 2.45. The molecule has 1 unspecified atom stereocenters. The summed E-state index contributed by atoms with van der Waals surface area (Å²) in [5, 5.41) is 40.2.